The Morgan fingerprint density at radius 2 is 1.85 bits per heavy atom. The molecule has 0 fully saturated rings. The fourth-order valence-corrected chi connectivity index (χ4v) is 3.26. The molecule has 5 heteroatoms. The van der Waals surface area contributed by atoms with Crippen molar-refractivity contribution >= 4 is 27.1 Å². The second-order valence-electron chi connectivity index (χ2n) is 4.71. The molecule has 0 aliphatic carbocycles. The van der Waals surface area contributed by atoms with E-state index in [4.69, 9.17) is 11.6 Å². The summed E-state index contributed by atoms with van der Waals surface area (Å²) in [5, 5.41) is 3.66. The van der Waals surface area contributed by atoms with Gasteiger partial charge in [-0.2, -0.15) is 0 Å². The molecule has 0 spiro atoms. The number of benzene rings is 2. The first kappa shape index (κ1) is 14.9. The van der Waals surface area contributed by atoms with E-state index in [1.165, 1.54) is 6.26 Å². The van der Waals surface area contributed by atoms with Gasteiger partial charge in [0.15, 0.2) is 9.84 Å². The summed E-state index contributed by atoms with van der Waals surface area (Å²) in [6.07, 6.45) is 1.19. The Morgan fingerprint density at radius 3 is 2.50 bits per heavy atom. The van der Waals surface area contributed by atoms with Gasteiger partial charge in [-0.1, -0.05) is 29.8 Å². The minimum absolute atomic E-state index is 0.269. The van der Waals surface area contributed by atoms with Crippen LogP contribution in [0.2, 0.25) is 5.02 Å². The summed E-state index contributed by atoms with van der Waals surface area (Å²) in [6, 6.07) is 12.8. The number of aryl methyl sites for hydroxylation is 1. The predicted molar refractivity (Wildman–Crippen MR) is 83.1 cm³/mol. The number of halogens is 1. The van der Waals surface area contributed by atoms with Crippen LogP contribution in [0.15, 0.2) is 47.4 Å². The molecule has 2 aromatic rings. The van der Waals surface area contributed by atoms with Gasteiger partial charge in [0.05, 0.1) is 4.90 Å². The fourth-order valence-electron chi connectivity index (χ4n) is 2.00. The van der Waals surface area contributed by atoms with Crippen LogP contribution in [0.3, 0.4) is 0 Å². The summed E-state index contributed by atoms with van der Waals surface area (Å²) in [5.41, 5.74) is 2.67. The lowest BCUT2D eigenvalue weighted by Crippen LogP contribution is -2.07. The third-order valence-corrected chi connectivity index (χ3v) is 4.50. The van der Waals surface area contributed by atoms with Gasteiger partial charge in [0.1, 0.15) is 0 Å². The molecule has 1 N–H and O–H groups in total. The molecule has 0 aromatic heterocycles. The normalized spacial score (nSPS) is 11.3. The van der Waals surface area contributed by atoms with E-state index in [9.17, 15) is 8.42 Å². The molecular weight excluding hydrogens is 294 g/mol. The van der Waals surface area contributed by atoms with Gasteiger partial charge in [0.25, 0.3) is 0 Å². The maximum Gasteiger partial charge on any atom is 0.175 e. The second kappa shape index (κ2) is 5.85. The van der Waals surface area contributed by atoms with Crippen molar-refractivity contribution in [1.82, 2.24) is 0 Å². The lowest BCUT2D eigenvalue weighted by Gasteiger charge is -2.12. The smallest absolute Gasteiger partial charge is 0.175 e. The molecule has 0 radical (unpaired) electrons. The highest BCUT2D eigenvalue weighted by Crippen LogP contribution is 2.25. The van der Waals surface area contributed by atoms with Crippen LogP contribution in [0.5, 0.6) is 0 Å². The van der Waals surface area contributed by atoms with E-state index in [0.717, 1.165) is 11.3 Å². The molecule has 0 unspecified atom stereocenters. The van der Waals surface area contributed by atoms with Gasteiger partial charge in [-0.05, 0) is 36.8 Å². The molecule has 106 valence electrons. The minimum Gasteiger partial charge on any atom is -0.381 e. The van der Waals surface area contributed by atoms with Gasteiger partial charge < -0.3 is 5.32 Å². The van der Waals surface area contributed by atoms with E-state index in [1.807, 2.05) is 31.2 Å². The molecule has 0 heterocycles. The highest BCUT2D eigenvalue weighted by molar-refractivity contribution is 7.90. The first-order chi connectivity index (χ1) is 9.38. The molecule has 0 saturated carbocycles. The van der Waals surface area contributed by atoms with E-state index < -0.39 is 9.84 Å². The van der Waals surface area contributed by atoms with Crippen LogP contribution in [-0.4, -0.2) is 14.7 Å². The van der Waals surface area contributed by atoms with Crippen LogP contribution >= 0.6 is 11.6 Å². The maximum absolute atomic E-state index is 11.8. The van der Waals surface area contributed by atoms with Crippen LogP contribution in [-0.2, 0) is 16.4 Å². The molecule has 0 bridgehead atoms. The summed E-state index contributed by atoms with van der Waals surface area (Å²) in [6.45, 7) is 2.37. The van der Waals surface area contributed by atoms with Crippen LogP contribution in [0.1, 0.15) is 11.1 Å². The lowest BCUT2D eigenvalue weighted by molar-refractivity contribution is 0.601. The Morgan fingerprint density at radius 1 is 1.15 bits per heavy atom. The van der Waals surface area contributed by atoms with Crippen LogP contribution in [0.25, 0.3) is 0 Å². The molecular formula is C15H16ClNO2S. The molecule has 20 heavy (non-hydrogen) atoms. The summed E-state index contributed by atoms with van der Waals surface area (Å²) in [5.74, 6) is 0. The number of nitrogens with one attached hydrogen (secondary N) is 1. The quantitative estimate of drug-likeness (QED) is 0.937. The van der Waals surface area contributed by atoms with Crippen molar-refractivity contribution in [1.29, 1.82) is 0 Å². The number of hydrogen-bond acceptors (Lipinski definition) is 3. The largest absolute Gasteiger partial charge is 0.381 e. The van der Waals surface area contributed by atoms with E-state index in [0.29, 0.717) is 17.1 Å². The van der Waals surface area contributed by atoms with Gasteiger partial charge >= 0.3 is 0 Å². The number of hydrogen-bond donors (Lipinski definition) is 1. The standard InChI is InChI=1S/C15H16ClNO2S/c1-11-5-3-6-12(9-11)17-10-13-14(16)7-4-8-15(13)20(2,18)19/h3-9,17H,10H2,1-2H3. The van der Waals surface area contributed by atoms with Gasteiger partial charge in [0, 0.05) is 29.1 Å². The third-order valence-electron chi connectivity index (χ3n) is 2.96. The molecule has 0 aliphatic rings. The Balaban J connectivity index is 2.30. The lowest BCUT2D eigenvalue weighted by atomic mass is 10.2. The Bertz CT molecular complexity index is 726. The highest BCUT2D eigenvalue weighted by Gasteiger charge is 2.15. The van der Waals surface area contributed by atoms with Crippen molar-refractivity contribution in [3.05, 3.63) is 58.6 Å². The second-order valence-corrected chi connectivity index (χ2v) is 7.10. The SMILES string of the molecule is Cc1cccc(NCc2c(Cl)cccc2S(C)(=O)=O)c1. The zero-order chi connectivity index (χ0) is 14.8. The average Bonchev–Trinajstić information content (AvgIpc) is 2.36. The van der Waals surface area contributed by atoms with E-state index in [-0.39, 0.29) is 4.90 Å². The van der Waals surface area contributed by atoms with Gasteiger partial charge in [-0.25, -0.2) is 8.42 Å². The molecule has 2 rings (SSSR count). The number of rotatable bonds is 4. The van der Waals surface area contributed by atoms with Crippen molar-refractivity contribution in [2.45, 2.75) is 18.4 Å². The predicted octanol–water partition coefficient (Wildman–Crippen LogP) is 3.66. The van der Waals surface area contributed by atoms with Crippen LogP contribution < -0.4 is 5.32 Å². The Kier molecular flexibility index (Phi) is 4.35. The summed E-state index contributed by atoms with van der Waals surface area (Å²) < 4.78 is 23.6. The third kappa shape index (κ3) is 3.52. The molecule has 0 aliphatic heterocycles. The maximum atomic E-state index is 11.8. The van der Waals surface area contributed by atoms with Crippen LogP contribution in [0, 0.1) is 6.92 Å². The highest BCUT2D eigenvalue weighted by atomic mass is 35.5. The fraction of sp³-hybridized carbons (Fsp3) is 0.200. The average molecular weight is 310 g/mol. The first-order valence-corrected chi connectivity index (χ1v) is 8.43. The van der Waals surface area contributed by atoms with Gasteiger partial charge in [0.2, 0.25) is 0 Å². The van der Waals surface area contributed by atoms with Gasteiger partial charge in [-0.15, -0.1) is 0 Å². The summed E-state index contributed by atoms with van der Waals surface area (Å²) >= 11 is 6.13. The van der Waals surface area contributed by atoms with Crippen molar-refractivity contribution in [2.75, 3.05) is 11.6 Å². The van der Waals surface area contributed by atoms with Crippen molar-refractivity contribution < 1.29 is 8.42 Å². The molecule has 3 nitrogen and oxygen atoms in total. The minimum atomic E-state index is -3.29. The zero-order valence-electron chi connectivity index (χ0n) is 11.4. The molecule has 0 amide bonds. The Labute approximate surface area is 124 Å². The molecule has 0 atom stereocenters. The van der Waals surface area contributed by atoms with Crippen molar-refractivity contribution in [3.63, 3.8) is 0 Å². The Hall–Kier alpha value is -1.52. The zero-order valence-corrected chi connectivity index (χ0v) is 12.9. The van der Waals surface area contributed by atoms with E-state index in [2.05, 4.69) is 5.32 Å². The molecule has 2 aromatic carbocycles. The molecule has 0 saturated heterocycles. The van der Waals surface area contributed by atoms with E-state index >= 15 is 0 Å². The summed E-state index contributed by atoms with van der Waals surface area (Å²) in [7, 11) is -3.29. The first-order valence-electron chi connectivity index (χ1n) is 6.16. The van der Waals surface area contributed by atoms with Crippen LogP contribution in [0.4, 0.5) is 5.69 Å². The number of sulfone groups is 1. The van der Waals surface area contributed by atoms with Gasteiger partial charge in [-0.3, -0.25) is 0 Å². The monoisotopic (exact) mass is 309 g/mol. The van der Waals surface area contributed by atoms with E-state index in [1.54, 1.807) is 18.2 Å². The van der Waals surface area contributed by atoms with Crippen molar-refractivity contribution in [3.8, 4) is 0 Å². The summed E-state index contributed by atoms with van der Waals surface area (Å²) in [4.78, 5) is 0.269. The topological polar surface area (TPSA) is 46.2 Å². The van der Waals surface area contributed by atoms with Crippen molar-refractivity contribution in [2.24, 2.45) is 0 Å². The number of anilines is 1.